The van der Waals surface area contributed by atoms with E-state index in [4.69, 9.17) is 27.9 Å². The molecule has 7 heteroatoms. The smallest absolute Gasteiger partial charge is 0.258 e. The van der Waals surface area contributed by atoms with Crippen LogP contribution in [0, 0.1) is 0 Å². The molecule has 5 nitrogen and oxygen atoms in total. The van der Waals surface area contributed by atoms with Crippen LogP contribution in [0.2, 0.25) is 10.0 Å². The quantitative estimate of drug-likeness (QED) is 0.798. The largest absolute Gasteiger partial charge is 0.482 e. The second-order valence-electron chi connectivity index (χ2n) is 5.37. The Morgan fingerprint density at radius 2 is 2.10 bits per heavy atom. The number of rotatable bonds is 7. The lowest BCUT2D eigenvalue weighted by atomic mass is 10.1. The molecule has 0 spiro atoms. The maximum absolute atomic E-state index is 11.7. The first-order chi connectivity index (χ1) is 9.69. The van der Waals surface area contributed by atoms with Crippen molar-refractivity contribution in [1.29, 1.82) is 0 Å². The first-order valence-corrected chi connectivity index (χ1v) is 7.17. The molecule has 0 aliphatic carbocycles. The molecule has 1 amide bonds. The minimum atomic E-state index is -1.00. The summed E-state index contributed by atoms with van der Waals surface area (Å²) >= 11 is 11.7. The van der Waals surface area contributed by atoms with Gasteiger partial charge in [-0.25, -0.2) is 0 Å². The molecule has 1 unspecified atom stereocenters. The van der Waals surface area contributed by atoms with Crippen LogP contribution in [0.1, 0.15) is 6.92 Å². The Bertz CT molecular complexity index is 493. The minimum absolute atomic E-state index is 0.141. The second-order valence-corrected chi connectivity index (χ2v) is 6.22. The number of hydrogen-bond donors (Lipinski definition) is 2. The summed E-state index contributed by atoms with van der Waals surface area (Å²) in [4.78, 5) is 13.5. The average molecular weight is 335 g/mol. The van der Waals surface area contributed by atoms with Crippen molar-refractivity contribution in [3.05, 3.63) is 28.2 Å². The van der Waals surface area contributed by atoms with E-state index in [9.17, 15) is 9.90 Å². The fraction of sp³-hybridized carbons (Fsp3) is 0.500. The number of halogens is 2. The summed E-state index contributed by atoms with van der Waals surface area (Å²) in [6, 6.07) is 4.76. The van der Waals surface area contributed by atoms with Gasteiger partial charge >= 0.3 is 0 Å². The summed E-state index contributed by atoms with van der Waals surface area (Å²) in [5.74, 6) is 0.0521. The van der Waals surface area contributed by atoms with Crippen LogP contribution < -0.4 is 10.1 Å². The molecular weight excluding hydrogens is 315 g/mol. The number of nitrogens with one attached hydrogen (secondary N) is 1. The molecule has 0 aromatic heterocycles. The van der Waals surface area contributed by atoms with Crippen molar-refractivity contribution < 1.29 is 14.6 Å². The Morgan fingerprint density at radius 3 is 2.67 bits per heavy atom. The van der Waals surface area contributed by atoms with E-state index in [0.29, 0.717) is 22.3 Å². The summed E-state index contributed by atoms with van der Waals surface area (Å²) in [5.41, 5.74) is -1.00. The SMILES string of the molecule is CN(C)CC(C)(O)CNC(=O)COc1ccc(Cl)cc1Cl. The summed E-state index contributed by atoms with van der Waals surface area (Å²) in [5, 5.41) is 13.5. The Kier molecular flexibility index (Phi) is 6.74. The molecule has 118 valence electrons. The van der Waals surface area contributed by atoms with E-state index in [2.05, 4.69) is 5.32 Å². The number of likely N-dealkylation sites (N-methyl/N-ethyl adjacent to an activating group) is 1. The van der Waals surface area contributed by atoms with Gasteiger partial charge in [0, 0.05) is 18.1 Å². The molecule has 1 aromatic rings. The normalized spacial score (nSPS) is 13.9. The Labute approximate surface area is 134 Å². The molecule has 2 N–H and O–H groups in total. The van der Waals surface area contributed by atoms with Crippen LogP contribution in [0.5, 0.6) is 5.75 Å². The van der Waals surface area contributed by atoms with Crippen molar-refractivity contribution in [1.82, 2.24) is 10.2 Å². The number of aliphatic hydroxyl groups is 1. The molecule has 0 saturated heterocycles. The summed E-state index contributed by atoms with van der Waals surface area (Å²) in [6.07, 6.45) is 0. The zero-order valence-electron chi connectivity index (χ0n) is 12.3. The van der Waals surface area contributed by atoms with Gasteiger partial charge in [0.25, 0.3) is 5.91 Å². The summed E-state index contributed by atoms with van der Waals surface area (Å²) in [7, 11) is 3.70. The zero-order chi connectivity index (χ0) is 16.0. The van der Waals surface area contributed by atoms with Gasteiger partial charge in [-0.1, -0.05) is 23.2 Å². The number of benzene rings is 1. The fourth-order valence-corrected chi connectivity index (χ4v) is 2.28. The Balaban J connectivity index is 2.41. The van der Waals surface area contributed by atoms with Crippen LogP contribution in [-0.2, 0) is 4.79 Å². The molecule has 21 heavy (non-hydrogen) atoms. The molecule has 0 fully saturated rings. The van der Waals surface area contributed by atoms with Gasteiger partial charge in [-0.3, -0.25) is 4.79 Å². The van der Waals surface area contributed by atoms with Crippen molar-refractivity contribution in [3.8, 4) is 5.75 Å². The molecule has 0 aliphatic rings. The van der Waals surface area contributed by atoms with E-state index >= 15 is 0 Å². The van der Waals surface area contributed by atoms with E-state index in [1.165, 1.54) is 6.07 Å². The second kappa shape index (κ2) is 7.84. The summed E-state index contributed by atoms with van der Waals surface area (Å²) in [6.45, 7) is 2.06. The molecule has 0 saturated carbocycles. The predicted octanol–water partition coefficient (Wildman–Crippen LogP) is 1.80. The van der Waals surface area contributed by atoms with Crippen molar-refractivity contribution in [3.63, 3.8) is 0 Å². The van der Waals surface area contributed by atoms with E-state index in [1.807, 2.05) is 19.0 Å². The maximum Gasteiger partial charge on any atom is 0.258 e. The van der Waals surface area contributed by atoms with Crippen LogP contribution in [-0.4, -0.2) is 55.3 Å². The van der Waals surface area contributed by atoms with Gasteiger partial charge < -0.3 is 20.1 Å². The topological polar surface area (TPSA) is 61.8 Å². The highest BCUT2D eigenvalue weighted by atomic mass is 35.5. The lowest BCUT2D eigenvalue weighted by Crippen LogP contribution is -2.47. The molecular formula is C14H20Cl2N2O3. The maximum atomic E-state index is 11.7. The molecule has 1 rings (SSSR count). The fourth-order valence-electron chi connectivity index (χ4n) is 1.81. The highest BCUT2D eigenvalue weighted by Crippen LogP contribution is 2.27. The van der Waals surface area contributed by atoms with Gasteiger partial charge in [-0.05, 0) is 39.2 Å². The van der Waals surface area contributed by atoms with Gasteiger partial charge in [0.05, 0.1) is 10.6 Å². The lowest BCUT2D eigenvalue weighted by molar-refractivity contribution is -0.124. The van der Waals surface area contributed by atoms with Crippen molar-refractivity contribution in [2.75, 3.05) is 33.8 Å². The van der Waals surface area contributed by atoms with E-state index in [0.717, 1.165) is 0 Å². The van der Waals surface area contributed by atoms with Gasteiger partial charge in [0.15, 0.2) is 6.61 Å². The standard InChI is InChI=1S/C14H20Cl2N2O3/c1-14(20,9-18(2)3)8-17-13(19)7-21-12-5-4-10(15)6-11(12)16/h4-6,20H,7-9H2,1-3H3,(H,17,19). The van der Waals surface area contributed by atoms with Crippen LogP contribution in [0.4, 0.5) is 0 Å². The third kappa shape index (κ3) is 7.00. The van der Waals surface area contributed by atoms with Gasteiger partial charge in [-0.15, -0.1) is 0 Å². The average Bonchev–Trinajstić information content (AvgIpc) is 2.34. The third-order valence-corrected chi connectivity index (χ3v) is 3.11. The predicted molar refractivity (Wildman–Crippen MR) is 84.1 cm³/mol. The number of hydrogen-bond acceptors (Lipinski definition) is 4. The molecule has 0 bridgehead atoms. The first-order valence-electron chi connectivity index (χ1n) is 6.41. The third-order valence-electron chi connectivity index (χ3n) is 2.58. The monoisotopic (exact) mass is 334 g/mol. The van der Waals surface area contributed by atoms with Crippen LogP contribution in [0.3, 0.4) is 0 Å². The lowest BCUT2D eigenvalue weighted by Gasteiger charge is -2.27. The van der Waals surface area contributed by atoms with Crippen LogP contribution in [0.25, 0.3) is 0 Å². The molecule has 0 radical (unpaired) electrons. The number of carbonyl (C=O) groups is 1. The highest BCUT2D eigenvalue weighted by Gasteiger charge is 2.22. The van der Waals surface area contributed by atoms with Crippen molar-refractivity contribution in [2.24, 2.45) is 0 Å². The van der Waals surface area contributed by atoms with Crippen molar-refractivity contribution >= 4 is 29.1 Å². The first kappa shape index (κ1) is 18.0. The number of nitrogens with zero attached hydrogens (tertiary/aromatic N) is 1. The number of ether oxygens (including phenoxy) is 1. The summed E-state index contributed by atoms with van der Waals surface area (Å²) < 4.78 is 5.31. The van der Waals surface area contributed by atoms with E-state index < -0.39 is 5.60 Å². The number of amides is 1. The highest BCUT2D eigenvalue weighted by molar-refractivity contribution is 6.35. The molecule has 0 aliphatic heterocycles. The molecule has 0 heterocycles. The van der Waals surface area contributed by atoms with Gasteiger partial charge in [-0.2, -0.15) is 0 Å². The van der Waals surface area contributed by atoms with Gasteiger partial charge in [0.2, 0.25) is 0 Å². The van der Waals surface area contributed by atoms with Crippen LogP contribution in [0.15, 0.2) is 18.2 Å². The number of carbonyl (C=O) groups excluding carboxylic acids is 1. The van der Waals surface area contributed by atoms with E-state index in [-0.39, 0.29) is 19.1 Å². The zero-order valence-corrected chi connectivity index (χ0v) is 13.8. The molecule has 1 atom stereocenters. The van der Waals surface area contributed by atoms with Crippen LogP contribution >= 0.6 is 23.2 Å². The van der Waals surface area contributed by atoms with E-state index in [1.54, 1.807) is 19.1 Å². The Hall–Kier alpha value is -1.01. The minimum Gasteiger partial charge on any atom is -0.482 e. The van der Waals surface area contributed by atoms with Gasteiger partial charge in [0.1, 0.15) is 5.75 Å². The Morgan fingerprint density at radius 1 is 1.43 bits per heavy atom. The van der Waals surface area contributed by atoms with Crippen molar-refractivity contribution in [2.45, 2.75) is 12.5 Å². The molecule has 1 aromatic carbocycles.